The number of imidazole rings is 1. The Morgan fingerprint density at radius 2 is 1.83 bits per heavy atom. The molecule has 1 N–H and O–H groups in total. The molecule has 2 aromatic heterocycles. The van der Waals surface area contributed by atoms with E-state index in [0.29, 0.717) is 16.3 Å². The number of aryl methyl sites for hydroxylation is 2. The summed E-state index contributed by atoms with van der Waals surface area (Å²) in [6, 6.07) is 7.64. The Morgan fingerprint density at radius 1 is 1.06 bits per heavy atom. The molecule has 4 aromatic rings. The standard InChI is InChI=1S/C25H22F4N4O2/c1-14-7-16(3-6-22(14)32-11-15(2)30-13-32)8-17-9-21(24(28)29)31-33(25(17)35)23(12-34)19-5-4-18(26)10-20(19)27/h3-7,9-11,13,23-24,34H,8,12H2,1-2H3/t23-/m0/s1. The maximum atomic E-state index is 14.4. The quantitative estimate of drug-likeness (QED) is 0.392. The smallest absolute Gasteiger partial charge is 0.282 e. The zero-order valence-corrected chi connectivity index (χ0v) is 18.9. The molecule has 2 aromatic carbocycles. The summed E-state index contributed by atoms with van der Waals surface area (Å²) in [5.74, 6) is -1.88. The van der Waals surface area contributed by atoms with Crippen molar-refractivity contribution in [1.82, 2.24) is 19.3 Å². The first-order valence-corrected chi connectivity index (χ1v) is 10.7. The molecule has 35 heavy (non-hydrogen) atoms. The normalized spacial score (nSPS) is 12.3. The average Bonchev–Trinajstić information content (AvgIpc) is 3.23. The number of aromatic nitrogens is 4. The lowest BCUT2D eigenvalue weighted by molar-refractivity contribution is 0.140. The zero-order chi connectivity index (χ0) is 25.3. The van der Waals surface area contributed by atoms with E-state index in [4.69, 9.17) is 0 Å². The number of halogens is 4. The molecule has 0 saturated carbocycles. The maximum absolute atomic E-state index is 14.4. The van der Waals surface area contributed by atoms with Crippen molar-refractivity contribution in [3.05, 3.63) is 111 Å². The lowest BCUT2D eigenvalue weighted by atomic mass is 10.0. The van der Waals surface area contributed by atoms with Gasteiger partial charge < -0.3 is 9.67 Å². The maximum Gasteiger partial charge on any atom is 0.282 e. The monoisotopic (exact) mass is 486 g/mol. The number of benzene rings is 2. The van der Waals surface area contributed by atoms with Crippen molar-refractivity contribution < 1.29 is 22.7 Å². The largest absolute Gasteiger partial charge is 0.394 e. The highest BCUT2D eigenvalue weighted by Crippen LogP contribution is 2.24. The van der Waals surface area contributed by atoms with Gasteiger partial charge in [0.25, 0.3) is 12.0 Å². The van der Waals surface area contributed by atoms with Crippen LogP contribution in [0.2, 0.25) is 0 Å². The molecule has 0 aliphatic rings. The van der Waals surface area contributed by atoms with E-state index in [1.54, 1.807) is 12.4 Å². The highest BCUT2D eigenvalue weighted by atomic mass is 19.3. The molecule has 0 aliphatic carbocycles. The van der Waals surface area contributed by atoms with Gasteiger partial charge in [-0.05, 0) is 43.2 Å². The van der Waals surface area contributed by atoms with Gasteiger partial charge >= 0.3 is 0 Å². The van der Waals surface area contributed by atoms with Gasteiger partial charge in [-0.3, -0.25) is 4.79 Å². The third kappa shape index (κ3) is 5.02. The summed E-state index contributed by atoms with van der Waals surface area (Å²) in [5, 5.41) is 13.6. The molecule has 0 saturated heterocycles. The Balaban J connectivity index is 1.76. The fraction of sp³-hybridized carbons (Fsp3) is 0.240. The summed E-state index contributed by atoms with van der Waals surface area (Å²) in [5.41, 5.74) is 1.60. The van der Waals surface area contributed by atoms with Crippen LogP contribution in [-0.4, -0.2) is 31.0 Å². The Kier molecular flexibility index (Phi) is 6.83. The first kappa shape index (κ1) is 24.3. The number of rotatable bonds is 7. The predicted octanol–water partition coefficient (Wildman–Crippen LogP) is 4.43. The highest BCUT2D eigenvalue weighted by Gasteiger charge is 2.24. The van der Waals surface area contributed by atoms with Gasteiger partial charge in [-0.25, -0.2) is 27.2 Å². The van der Waals surface area contributed by atoms with Gasteiger partial charge in [0.2, 0.25) is 0 Å². The van der Waals surface area contributed by atoms with E-state index < -0.39 is 42.0 Å². The van der Waals surface area contributed by atoms with Crippen molar-refractivity contribution in [1.29, 1.82) is 0 Å². The summed E-state index contributed by atoms with van der Waals surface area (Å²) in [6.45, 7) is 2.94. The number of hydrogen-bond donors (Lipinski definition) is 1. The average molecular weight is 486 g/mol. The van der Waals surface area contributed by atoms with Gasteiger partial charge in [-0.15, -0.1) is 0 Å². The summed E-state index contributed by atoms with van der Waals surface area (Å²) in [4.78, 5) is 17.4. The number of hydrogen-bond acceptors (Lipinski definition) is 4. The number of aliphatic hydroxyl groups excluding tert-OH is 1. The third-order valence-electron chi connectivity index (χ3n) is 5.69. The Labute approximate surface area is 198 Å². The summed E-state index contributed by atoms with van der Waals surface area (Å²) in [6.07, 6.45) is 0.542. The molecule has 0 aliphatic heterocycles. The molecule has 10 heteroatoms. The number of alkyl halides is 2. The van der Waals surface area contributed by atoms with E-state index in [0.717, 1.165) is 35.1 Å². The predicted molar refractivity (Wildman–Crippen MR) is 121 cm³/mol. The fourth-order valence-corrected chi connectivity index (χ4v) is 4.00. The third-order valence-corrected chi connectivity index (χ3v) is 5.69. The van der Waals surface area contributed by atoms with Gasteiger partial charge in [-0.2, -0.15) is 5.10 Å². The highest BCUT2D eigenvalue weighted by molar-refractivity contribution is 5.44. The van der Waals surface area contributed by atoms with Crippen molar-refractivity contribution in [2.45, 2.75) is 32.7 Å². The van der Waals surface area contributed by atoms with Crippen molar-refractivity contribution in [2.75, 3.05) is 6.61 Å². The van der Waals surface area contributed by atoms with Crippen LogP contribution >= 0.6 is 0 Å². The van der Waals surface area contributed by atoms with E-state index in [2.05, 4.69) is 10.1 Å². The van der Waals surface area contributed by atoms with Crippen LogP contribution in [0.1, 0.15) is 46.1 Å². The number of nitrogens with zero attached hydrogens (tertiary/aromatic N) is 4. The lowest BCUT2D eigenvalue weighted by Crippen LogP contribution is -2.34. The first-order valence-electron chi connectivity index (χ1n) is 10.7. The molecular weight excluding hydrogens is 464 g/mol. The van der Waals surface area contributed by atoms with E-state index in [9.17, 15) is 27.5 Å². The van der Waals surface area contributed by atoms with E-state index in [-0.39, 0.29) is 17.5 Å². The van der Waals surface area contributed by atoms with Crippen LogP contribution < -0.4 is 5.56 Å². The lowest BCUT2D eigenvalue weighted by Gasteiger charge is -2.19. The minimum atomic E-state index is -3.01. The van der Waals surface area contributed by atoms with Crippen molar-refractivity contribution in [3.8, 4) is 5.69 Å². The summed E-state index contributed by atoms with van der Waals surface area (Å²) >= 11 is 0. The minimum Gasteiger partial charge on any atom is -0.394 e. The molecular formula is C25H22F4N4O2. The van der Waals surface area contributed by atoms with Crippen LogP contribution in [0.5, 0.6) is 0 Å². The molecule has 1 atom stereocenters. The Bertz CT molecular complexity index is 1430. The summed E-state index contributed by atoms with van der Waals surface area (Å²) in [7, 11) is 0. The zero-order valence-electron chi connectivity index (χ0n) is 18.9. The van der Waals surface area contributed by atoms with E-state index >= 15 is 0 Å². The van der Waals surface area contributed by atoms with Crippen molar-refractivity contribution >= 4 is 0 Å². The van der Waals surface area contributed by atoms with Gasteiger partial charge in [0, 0.05) is 35.5 Å². The van der Waals surface area contributed by atoms with Gasteiger partial charge in [0.15, 0.2) is 0 Å². The molecule has 0 fully saturated rings. The van der Waals surface area contributed by atoms with Crippen molar-refractivity contribution in [2.24, 2.45) is 0 Å². The molecule has 0 unspecified atom stereocenters. The van der Waals surface area contributed by atoms with Gasteiger partial charge in [0.1, 0.15) is 23.4 Å². The molecule has 0 radical (unpaired) electrons. The van der Waals surface area contributed by atoms with E-state index in [1.807, 2.05) is 36.7 Å². The molecule has 2 heterocycles. The second-order valence-corrected chi connectivity index (χ2v) is 8.23. The molecule has 6 nitrogen and oxygen atoms in total. The summed E-state index contributed by atoms with van der Waals surface area (Å²) < 4.78 is 57.5. The van der Waals surface area contributed by atoms with Gasteiger partial charge in [-0.1, -0.05) is 18.2 Å². The molecule has 0 amide bonds. The topological polar surface area (TPSA) is 72.9 Å². The molecule has 182 valence electrons. The Morgan fingerprint density at radius 3 is 2.43 bits per heavy atom. The van der Waals surface area contributed by atoms with Crippen LogP contribution in [0.3, 0.4) is 0 Å². The van der Waals surface area contributed by atoms with E-state index in [1.165, 1.54) is 0 Å². The minimum absolute atomic E-state index is 0.00175. The van der Waals surface area contributed by atoms with Crippen LogP contribution in [0.15, 0.2) is 59.8 Å². The first-order chi connectivity index (χ1) is 16.7. The molecule has 0 spiro atoms. The van der Waals surface area contributed by atoms with Gasteiger partial charge in [0.05, 0.1) is 18.6 Å². The fourth-order valence-electron chi connectivity index (χ4n) is 4.00. The second kappa shape index (κ2) is 9.83. The van der Waals surface area contributed by atoms with Crippen LogP contribution in [-0.2, 0) is 6.42 Å². The number of aliphatic hydroxyl groups is 1. The van der Waals surface area contributed by atoms with Crippen LogP contribution in [0.4, 0.5) is 17.6 Å². The van der Waals surface area contributed by atoms with Crippen LogP contribution in [0, 0.1) is 25.5 Å². The molecule has 0 bridgehead atoms. The Hall–Kier alpha value is -3.79. The van der Waals surface area contributed by atoms with Crippen molar-refractivity contribution in [3.63, 3.8) is 0 Å². The van der Waals surface area contributed by atoms with Crippen LogP contribution in [0.25, 0.3) is 5.69 Å². The molecule has 4 rings (SSSR count). The second-order valence-electron chi connectivity index (χ2n) is 8.23. The SMILES string of the molecule is Cc1cn(-c2ccc(Cc3cc(C(F)F)nn([C@@H](CO)c4ccc(F)cc4F)c3=O)cc2C)cn1.